The maximum atomic E-state index is 12.5. The number of rotatable bonds is 23. The van der Waals surface area contributed by atoms with Gasteiger partial charge in [-0.3, -0.25) is 4.79 Å². The molecule has 0 aromatic heterocycles. The van der Waals surface area contributed by atoms with E-state index >= 15 is 0 Å². The Bertz CT molecular complexity index is 863. The van der Waals surface area contributed by atoms with E-state index in [4.69, 9.17) is 4.74 Å². The molecule has 42 heavy (non-hydrogen) atoms. The van der Waals surface area contributed by atoms with Crippen molar-refractivity contribution in [1.29, 1.82) is 0 Å². The van der Waals surface area contributed by atoms with Crippen LogP contribution in [0.1, 0.15) is 180 Å². The fourth-order valence-electron chi connectivity index (χ4n) is 5.99. The van der Waals surface area contributed by atoms with Crippen molar-refractivity contribution in [3.8, 4) is 5.75 Å². The second-order valence-electron chi connectivity index (χ2n) is 14.4. The molecule has 0 aliphatic heterocycles. The average Bonchev–Trinajstić information content (AvgIpc) is 2.89. The molecule has 0 amide bonds. The van der Waals surface area contributed by atoms with Crippen LogP contribution in [0.25, 0.3) is 0 Å². The smallest absolute Gasteiger partial charge is 0.310 e. The van der Waals surface area contributed by atoms with Gasteiger partial charge in [-0.25, -0.2) is 0 Å². The normalized spacial score (nSPS) is 12.2. The van der Waals surface area contributed by atoms with E-state index < -0.39 is 0 Å². The zero-order chi connectivity index (χ0) is 31.4. The Morgan fingerprint density at radius 3 is 1.62 bits per heavy atom. The number of carbonyl (C=O) groups is 1. The monoisotopic (exact) mass is 604 g/mol. The van der Waals surface area contributed by atoms with Crippen LogP contribution < -0.4 is 0 Å². The Kier molecular flexibility index (Phi) is 19.9. The fourth-order valence-corrected chi connectivity index (χ4v) is 6.95. The van der Waals surface area contributed by atoms with Crippen molar-refractivity contribution in [3.63, 3.8) is 0 Å². The summed E-state index contributed by atoms with van der Waals surface area (Å²) >= 11 is 2.01. The van der Waals surface area contributed by atoms with E-state index in [1.807, 2.05) is 18.7 Å². The number of phenolic OH excluding ortho intramolecular Hbond substituents is 1. The number of aromatic hydroxyl groups is 1. The van der Waals surface area contributed by atoms with E-state index in [-0.39, 0.29) is 23.2 Å². The highest BCUT2D eigenvalue weighted by molar-refractivity contribution is 7.99. The summed E-state index contributed by atoms with van der Waals surface area (Å²) in [5.74, 6) is 2.40. The summed E-state index contributed by atoms with van der Waals surface area (Å²) in [4.78, 5) is 12.5. The van der Waals surface area contributed by atoms with E-state index in [9.17, 15) is 9.90 Å². The molecule has 1 aromatic carbocycles. The number of esters is 1. The highest BCUT2D eigenvalue weighted by atomic mass is 32.2. The van der Waals surface area contributed by atoms with Crippen molar-refractivity contribution >= 4 is 17.7 Å². The molecule has 0 heterocycles. The number of unbranched alkanes of at least 4 members (excludes halogenated alkanes) is 15. The maximum Gasteiger partial charge on any atom is 0.310 e. The molecule has 0 radical (unpaired) electrons. The lowest BCUT2D eigenvalue weighted by Crippen LogP contribution is -2.22. The molecule has 1 N–H and O–H groups in total. The van der Waals surface area contributed by atoms with Gasteiger partial charge < -0.3 is 9.84 Å². The maximum absolute atomic E-state index is 12.5. The highest BCUT2D eigenvalue weighted by Crippen LogP contribution is 2.43. The number of hydrogen-bond acceptors (Lipinski definition) is 4. The third-order valence-corrected chi connectivity index (χ3v) is 9.41. The lowest BCUT2D eigenvalue weighted by atomic mass is 9.75. The summed E-state index contributed by atoms with van der Waals surface area (Å²) < 4.78 is 5.32. The van der Waals surface area contributed by atoms with Crippen molar-refractivity contribution in [2.75, 3.05) is 18.1 Å². The number of hydrogen-bond donors (Lipinski definition) is 1. The number of thioether (sulfide) groups is 1. The van der Waals surface area contributed by atoms with Gasteiger partial charge in [-0.2, -0.15) is 11.8 Å². The molecule has 0 saturated heterocycles. The molecule has 0 aliphatic rings. The van der Waals surface area contributed by atoms with Gasteiger partial charge in [-0.15, -0.1) is 0 Å². The molecule has 244 valence electrons. The first-order valence-corrected chi connectivity index (χ1v) is 18.7. The first-order valence-electron chi connectivity index (χ1n) is 17.6. The van der Waals surface area contributed by atoms with Gasteiger partial charge in [0.1, 0.15) is 5.75 Å². The Balaban J connectivity index is 2.42. The van der Waals surface area contributed by atoms with Crippen molar-refractivity contribution in [3.05, 3.63) is 28.3 Å². The first kappa shape index (κ1) is 38.9. The summed E-state index contributed by atoms with van der Waals surface area (Å²) in [6.45, 7) is 17.4. The first-order chi connectivity index (χ1) is 19.9. The van der Waals surface area contributed by atoms with Crippen LogP contribution in [0.4, 0.5) is 0 Å². The molecular formula is C38H68O3S. The predicted octanol–water partition coefficient (Wildman–Crippen LogP) is 11.6. The summed E-state index contributed by atoms with van der Waals surface area (Å²) in [5, 5.41) is 11.4. The highest BCUT2D eigenvalue weighted by Gasteiger charge is 2.30. The van der Waals surface area contributed by atoms with Crippen molar-refractivity contribution in [2.24, 2.45) is 0 Å². The minimum atomic E-state index is -0.220. The van der Waals surface area contributed by atoms with Gasteiger partial charge in [0, 0.05) is 5.56 Å². The third kappa shape index (κ3) is 16.1. The van der Waals surface area contributed by atoms with Gasteiger partial charge in [-0.1, -0.05) is 151 Å². The standard InChI is InChI=1S/C38H68O3S/c1-9-11-12-13-14-15-16-17-18-19-20-21-22-23-24-25-27-42-28-26-32-31(30-34(39)41-10-2)29-33(37(3,4)5)36(40)35(32)38(6,7)8/h29,40H,9-28,30H2,1-8H3. The van der Waals surface area contributed by atoms with Gasteiger partial charge in [-0.05, 0) is 58.8 Å². The van der Waals surface area contributed by atoms with Crippen LogP contribution in [0, 0.1) is 0 Å². The van der Waals surface area contributed by atoms with Crippen LogP contribution in [0.15, 0.2) is 6.07 Å². The van der Waals surface area contributed by atoms with Crippen LogP contribution >= 0.6 is 11.8 Å². The Hall–Kier alpha value is -1.16. The van der Waals surface area contributed by atoms with Gasteiger partial charge in [0.15, 0.2) is 0 Å². The van der Waals surface area contributed by atoms with Crippen LogP contribution in [0.2, 0.25) is 0 Å². The lowest BCUT2D eigenvalue weighted by molar-refractivity contribution is -0.142. The average molecular weight is 605 g/mol. The van der Waals surface area contributed by atoms with Gasteiger partial charge in [0.05, 0.1) is 13.0 Å². The van der Waals surface area contributed by atoms with Crippen LogP contribution in [0.3, 0.4) is 0 Å². The quantitative estimate of drug-likeness (QED) is 0.0997. The zero-order valence-corrected chi connectivity index (χ0v) is 29.9. The molecule has 0 spiro atoms. The topological polar surface area (TPSA) is 46.5 Å². The minimum Gasteiger partial charge on any atom is -0.507 e. The van der Waals surface area contributed by atoms with Crippen molar-refractivity contribution < 1.29 is 14.6 Å². The molecule has 0 saturated carbocycles. The predicted molar refractivity (Wildman–Crippen MR) is 186 cm³/mol. The van der Waals surface area contributed by atoms with Gasteiger partial charge in [0.25, 0.3) is 0 Å². The van der Waals surface area contributed by atoms with E-state index in [1.165, 1.54) is 108 Å². The van der Waals surface area contributed by atoms with Crippen LogP contribution in [0.5, 0.6) is 5.75 Å². The molecule has 0 fully saturated rings. The molecular weight excluding hydrogens is 536 g/mol. The van der Waals surface area contributed by atoms with Gasteiger partial charge >= 0.3 is 5.97 Å². The van der Waals surface area contributed by atoms with E-state index in [2.05, 4.69) is 54.5 Å². The Labute approximate surface area is 265 Å². The molecule has 0 aliphatic carbocycles. The molecule has 0 atom stereocenters. The molecule has 3 nitrogen and oxygen atoms in total. The second-order valence-corrected chi connectivity index (χ2v) is 15.7. The second kappa shape index (κ2) is 21.5. The van der Waals surface area contributed by atoms with E-state index in [0.717, 1.165) is 34.4 Å². The third-order valence-electron chi connectivity index (χ3n) is 8.34. The Morgan fingerprint density at radius 2 is 1.19 bits per heavy atom. The van der Waals surface area contributed by atoms with E-state index in [1.54, 1.807) is 0 Å². The largest absolute Gasteiger partial charge is 0.507 e. The summed E-state index contributed by atoms with van der Waals surface area (Å²) in [7, 11) is 0. The lowest BCUT2D eigenvalue weighted by Gasteiger charge is -2.31. The number of carbonyl (C=O) groups excluding carboxylic acids is 1. The molecule has 0 bridgehead atoms. The number of phenols is 1. The van der Waals surface area contributed by atoms with E-state index in [0.29, 0.717) is 12.4 Å². The zero-order valence-electron chi connectivity index (χ0n) is 29.1. The number of benzene rings is 1. The Morgan fingerprint density at radius 1 is 0.714 bits per heavy atom. The SMILES string of the molecule is CCCCCCCCCCCCCCCCCCSCCc1c(CC(=O)OCC)cc(C(C)(C)C)c(O)c1C(C)(C)C. The summed E-state index contributed by atoms with van der Waals surface area (Å²) in [6, 6.07) is 2.07. The summed E-state index contributed by atoms with van der Waals surface area (Å²) in [5.41, 5.74) is 3.63. The number of ether oxygens (including phenoxy) is 1. The molecule has 1 rings (SSSR count). The minimum absolute atomic E-state index is 0.190. The van der Waals surface area contributed by atoms with Crippen molar-refractivity contribution in [2.45, 2.75) is 182 Å². The molecule has 0 unspecified atom stereocenters. The van der Waals surface area contributed by atoms with Crippen LogP contribution in [-0.4, -0.2) is 29.2 Å². The van der Waals surface area contributed by atoms with Crippen molar-refractivity contribution in [1.82, 2.24) is 0 Å². The summed E-state index contributed by atoms with van der Waals surface area (Å²) in [6.07, 6.45) is 23.5. The van der Waals surface area contributed by atoms with Gasteiger partial charge in [0.2, 0.25) is 0 Å². The molecule has 4 heteroatoms. The van der Waals surface area contributed by atoms with Crippen LogP contribution in [-0.2, 0) is 33.2 Å². The molecule has 1 aromatic rings. The fraction of sp³-hybridized carbons (Fsp3) is 0.816.